The van der Waals surface area contributed by atoms with Crippen LogP contribution in [0.2, 0.25) is 0 Å². The van der Waals surface area contributed by atoms with Crippen LogP contribution in [0, 0.1) is 0 Å². The Morgan fingerprint density at radius 2 is 2.15 bits per heavy atom. The fourth-order valence-corrected chi connectivity index (χ4v) is 0.777. The molecule has 13 heavy (non-hydrogen) atoms. The summed E-state index contributed by atoms with van der Waals surface area (Å²) in [5.41, 5.74) is 5.06. The Hall–Kier alpha value is -0.710. The van der Waals surface area contributed by atoms with Crippen LogP contribution < -0.4 is 11.1 Å². The summed E-state index contributed by atoms with van der Waals surface area (Å²) in [6.07, 6.45) is -1.59. The van der Waals surface area contributed by atoms with Crippen molar-refractivity contribution in [3.8, 4) is 0 Å². The molecule has 0 aliphatic heterocycles. The first kappa shape index (κ1) is 12.3. The molecule has 0 rings (SSSR count). The SMILES string of the molecule is CCCNC(=O)CCC(N)C(F)F. The highest BCUT2D eigenvalue weighted by molar-refractivity contribution is 5.75. The summed E-state index contributed by atoms with van der Waals surface area (Å²) in [5.74, 6) is -0.210. The van der Waals surface area contributed by atoms with Gasteiger partial charge >= 0.3 is 0 Å². The number of hydrogen-bond donors (Lipinski definition) is 2. The quantitative estimate of drug-likeness (QED) is 0.659. The van der Waals surface area contributed by atoms with Gasteiger partial charge in [0.05, 0.1) is 6.04 Å². The zero-order valence-corrected chi connectivity index (χ0v) is 7.72. The van der Waals surface area contributed by atoms with Crippen LogP contribution in [0.3, 0.4) is 0 Å². The van der Waals surface area contributed by atoms with Gasteiger partial charge < -0.3 is 11.1 Å². The Balaban J connectivity index is 3.46. The predicted molar refractivity (Wildman–Crippen MR) is 46.5 cm³/mol. The maximum atomic E-state index is 11.9. The number of nitrogens with two attached hydrogens (primary N) is 1. The summed E-state index contributed by atoms with van der Waals surface area (Å²) in [6.45, 7) is 2.51. The Labute approximate surface area is 76.7 Å². The van der Waals surface area contributed by atoms with Crippen molar-refractivity contribution in [1.82, 2.24) is 5.32 Å². The third kappa shape index (κ3) is 6.45. The lowest BCUT2D eigenvalue weighted by molar-refractivity contribution is -0.121. The van der Waals surface area contributed by atoms with Crippen molar-refractivity contribution < 1.29 is 13.6 Å². The molecule has 0 aliphatic rings. The third-order valence-electron chi connectivity index (χ3n) is 1.60. The van der Waals surface area contributed by atoms with E-state index in [1.54, 1.807) is 0 Å². The average Bonchev–Trinajstić information content (AvgIpc) is 2.10. The van der Waals surface area contributed by atoms with E-state index >= 15 is 0 Å². The molecule has 1 atom stereocenters. The lowest BCUT2D eigenvalue weighted by Gasteiger charge is -2.09. The van der Waals surface area contributed by atoms with Gasteiger partial charge in [-0.1, -0.05) is 6.92 Å². The first-order valence-corrected chi connectivity index (χ1v) is 4.38. The minimum Gasteiger partial charge on any atom is -0.356 e. The van der Waals surface area contributed by atoms with E-state index in [0.717, 1.165) is 6.42 Å². The number of carbonyl (C=O) groups excluding carboxylic acids is 1. The second-order valence-corrected chi connectivity index (χ2v) is 2.89. The van der Waals surface area contributed by atoms with Crippen LogP contribution in [0.4, 0.5) is 8.78 Å². The largest absolute Gasteiger partial charge is 0.356 e. The number of carbonyl (C=O) groups is 1. The molecule has 0 aromatic heterocycles. The molecule has 3 nitrogen and oxygen atoms in total. The van der Waals surface area contributed by atoms with E-state index in [9.17, 15) is 13.6 Å². The topological polar surface area (TPSA) is 55.1 Å². The molecule has 0 fully saturated rings. The van der Waals surface area contributed by atoms with E-state index in [2.05, 4.69) is 5.32 Å². The van der Waals surface area contributed by atoms with E-state index < -0.39 is 12.5 Å². The summed E-state index contributed by atoms with van der Waals surface area (Å²) in [7, 11) is 0. The molecule has 3 N–H and O–H groups in total. The maximum absolute atomic E-state index is 11.9. The molecule has 78 valence electrons. The standard InChI is InChI=1S/C8H16F2N2O/c1-2-5-12-7(13)4-3-6(11)8(9)10/h6,8H,2-5,11H2,1H3,(H,12,13). The number of amides is 1. The summed E-state index contributed by atoms with van der Waals surface area (Å²) < 4.78 is 23.7. The van der Waals surface area contributed by atoms with Crippen LogP contribution in [0.5, 0.6) is 0 Å². The lowest BCUT2D eigenvalue weighted by atomic mass is 10.1. The van der Waals surface area contributed by atoms with Gasteiger partial charge in [0.15, 0.2) is 0 Å². The van der Waals surface area contributed by atoms with Gasteiger partial charge in [0.2, 0.25) is 5.91 Å². The van der Waals surface area contributed by atoms with E-state index in [4.69, 9.17) is 5.73 Å². The average molecular weight is 194 g/mol. The summed E-state index contributed by atoms with van der Waals surface area (Å²) in [4.78, 5) is 10.9. The summed E-state index contributed by atoms with van der Waals surface area (Å²) >= 11 is 0. The molecule has 1 amide bonds. The number of halogens is 2. The number of hydrogen-bond acceptors (Lipinski definition) is 2. The van der Waals surface area contributed by atoms with E-state index in [1.165, 1.54) is 0 Å². The van der Waals surface area contributed by atoms with Crippen molar-refractivity contribution in [1.29, 1.82) is 0 Å². The molecule has 0 radical (unpaired) electrons. The van der Waals surface area contributed by atoms with Crippen molar-refractivity contribution >= 4 is 5.91 Å². The van der Waals surface area contributed by atoms with Crippen molar-refractivity contribution in [2.75, 3.05) is 6.54 Å². The molecule has 0 aromatic rings. The van der Waals surface area contributed by atoms with Crippen LogP contribution in [-0.2, 0) is 4.79 Å². The van der Waals surface area contributed by atoms with Crippen LogP contribution >= 0.6 is 0 Å². The minimum atomic E-state index is -2.54. The maximum Gasteiger partial charge on any atom is 0.253 e. The monoisotopic (exact) mass is 194 g/mol. The first-order valence-electron chi connectivity index (χ1n) is 4.38. The Kier molecular flexibility index (Phi) is 6.40. The van der Waals surface area contributed by atoms with Gasteiger partial charge in [-0.15, -0.1) is 0 Å². The second-order valence-electron chi connectivity index (χ2n) is 2.89. The molecule has 0 aliphatic carbocycles. The highest BCUT2D eigenvalue weighted by Gasteiger charge is 2.15. The van der Waals surface area contributed by atoms with Crippen molar-refractivity contribution in [3.05, 3.63) is 0 Å². The first-order chi connectivity index (χ1) is 6.07. The van der Waals surface area contributed by atoms with E-state index in [1.807, 2.05) is 6.92 Å². The van der Waals surface area contributed by atoms with Crippen LogP contribution in [0.25, 0.3) is 0 Å². The number of nitrogens with one attached hydrogen (secondary N) is 1. The lowest BCUT2D eigenvalue weighted by Crippen LogP contribution is -2.31. The van der Waals surface area contributed by atoms with Gasteiger partial charge in [0, 0.05) is 13.0 Å². The van der Waals surface area contributed by atoms with Crippen LogP contribution in [0.1, 0.15) is 26.2 Å². The van der Waals surface area contributed by atoms with Gasteiger partial charge in [-0.05, 0) is 12.8 Å². The normalized spacial score (nSPS) is 13.0. The van der Waals surface area contributed by atoms with Gasteiger partial charge in [-0.2, -0.15) is 0 Å². The van der Waals surface area contributed by atoms with Gasteiger partial charge in [0.25, 0.3) is 6.43 Å². The molecule has 0 spiro atoms. The molecule has 0 heterocycles. The van der Waals surface area contributed by atoms with Crippen molar-refractivity contribution in [3.63, 3.8) is 0 Å². The molecule has 0 saturated heterocycles. The minimum absolute atomic E-state index is 0.0349. The molecule has 0 saturated carbocycles. The Bertz CT molecular complexity index is 153. The van der Waals surface area contributed by atoms with Gasteiger partial charge in [0.1, 0.15) is 0 Å². The molecule has 5 heteroatoms. The molecular formula is C8H16F2N2O. The van der Waals surface area contributed by atoms with Crippen molar-refractivity contribution in [2.24, 2.45) is 5.73 Å². The van der Waals surface area contributed by atoms with E-state index in [0.29, 0.717) is 6.54 Å². The highest BCUT2D eigenvalue weighted by atomic mass is 19.3. The predicted octanol–water partition coefficient (Wildman–Crippen LogP) is 0.885. The molecular weight excluding hydrogens is 178 g/mol. The summed E-state index contributed by atoms with van der Waals surface area (Å²) in [6, 6.07) is -1.19. The molecule has 1 unspecified atom stereocenters. The summed E-state index contributed by atoms with van der Waals surface area (Å²) in [5, 5.41) is 2.59. The second kappa shape index (κ2) is 6.77. The fraction of sp³-hybridized carbons (Fsp3) is 0.875. The van der Waals surface area contributed by atoms with E-state index in [-0.39, 0.29) is 18.7 Å². The third-order valence-corrected chi connectivity index (χ3v) is 1.60. The zero-order valence-electron chi connectivity index (χ0n) is 7.72. The number of alkyl halides is 2. The smallest absolute Gasteiger partial charge is 0.253 e. The van der Waals surface area contributed by atoms with Crippen LogP contribution in [-0.4, -0.2) is 24.9 Å². The van der Waals surface area contributed by atoms with Gasteiger partial charge in [-0.25, -0.2) is 8.78 Å². The molecule has 0 aromatic carbocycles. The zero-order chi connectivity index (χ0) is 10.3. The Morgan fingerprint density at radius 3 is 2.62 bits per heavy atom. The van der Waals surface area contributed by atoms with Crippen molar-refractivity contribution in [2.45, 2.75) is 38.7 Å². The molecule has 0 bridgehead atoms. The van der Waals surface area contributed by atoms with Crippen LogP contribution in [0.15, 0.2) is 0 Å². The highest BCUT2D eigenvalue weighted by Crippen LogP contribution is 2.04. The number of rotatable bonds is 6. The Morgan fingerprint density at radius 1 is 1.54 bits per heavy atom. The van der Waals surface area contributed by atoms with Gasteiger partial charge in [-0.3, -0.25) is 4.79 Å². The fourth-order valence-electron chi connectivity index (χ4n) is 0.777.